The fourth-order valence-electron chi connectivity index (χ4n) is 0.0445. The van der Waals surface area contributed by atoms with Gasteiger partial charge in [-0.05, 0) is 22.6 Å². The zero-order valence-electron chi connectivity index (χ0n) is 3.12. The van der Waals surface area contributed by atoms with Gasteiger partial charge in [-0.2, -0.15) is 0 Å². The normalized spacial score (nSPS) is 12.2. The number of rotatable bonds is 1. The van der Waals surface area contributed by atoms with Crippen molar-refractivity contribution in [2.75, 3.05) is 6.54 Å². The van der Waals surface area contributed by atoms with Crippen LogP contribution in [0.4, 0.5) is 0 Å². The first-order valence-corrected chi connectivity index (χ1v) is 2.97. The Kier molecular flexibility index (Phi) is 4.36. The molecule has 0 bridgehead atoms. The van der Waals surface area contributed by atoms with Gasteiger partial charge in [-0.15, -0.1) is 0 Å². The van der Waals surface area contributed by atoms with E-state index in [1.54, 1.807) is 0 Å². The summed E-state index contributed by atoms with van der Waals surface area (Å²) in [6.07, 6.45) is 0. The summed E-state index contributed by atoms with van der Waals surface area (Å²) < 4.78 is 0.981. The van der Waals surface area contributed by atoms with E-state index in [1.165, 1.54) is 5.54 Å². The van der Waals surface area contributed by atoms with E-state index >= 15 is 0 Å². The van der Waals surface area contributed by atoms with Crippen LogP contribution in [-0.2, 0) is 0 Å². The SMILES string of the molecule is NC/C(I)=C/Cl. The van der Waals surface area contributed by atoms with E-state index in [0.717, 1.165) is 3.58 Å². The lowest BCUT2D eigenvalue weighted by molar-refractivity contribution is 1.25. The molecule has 0 saturated carbocycles. The van der Waals surface area contributed by atoms with Gasteiger partial charge in [0.15, 0.2) is 0 Å². The summed E-state index contributed by atoms with van der Waals surface area (Å²) in [5.74, 6) is 0. The zero-order valence-corrected chi connectivity index (χ0v) is 6.03. The third-order valence-corrected chi connectivity index (χ3v) is 1.70. The monoisotopic (exact) mass is 217 g/mol. The van der Waals surface area contributed by atoms with Gasteiger partial charge in [0.2, 0.25) is 0 Å². The molecule has 0 aliphatic rings. The molecule has 0 radical (unpaired) electrons. The summed E-state index contributed by atoms with van der Waals surface area (Å²) in [5, 5.41) is 0. The number of hydrogen-bond donors (Lipinski definition) is 1. The highest BCUT2D eigenvalue weighted by Gasteiger charge is 1.77. The van der Waals surface area contributed by atoms with Gasteiger partial charge in [-0.3, -0.25) is 0 Å². The van der Waals surface area contributed by atoms with Gasteiger partial charge in [-0.25, -0.2) is 0 Å². The average Bonchev–Trinajstić information content (AvgIpc) is 1.65. The van der Waals surface area contributed by atoms with Crippen LogP contribution in [-0.4, -0.2) is 6.54 Å². The maximum absolute atomic E-state index is 5.20. The van der Waals surface area contributed by atoms with Crippen molar-refractivity contribution in [1.29, 1.82) is 0 Å². The molecule has 0 rings (SSSR count). The maximum atomic E-state index is 5.20. The minimum Gasteiger partial charge on any atom is -0.326 e. The van der Waals surface area contributed by atoms with E-state index in [0.29, 0.717) is 6.54 Å². The highest BCUT2D eigenvalue weighted by molar-refractivity contribution is 14.1. The van der Waals surface area contributed by atoms with E-state index in [9.17, 15) is 0 Å². The Bertz CT molecular complexity index is 61.8. The highest BCUT2D eigenvalue weighted by Crippen LogP contribution is 2.02. The second-order valence-electron chi connectivity index (χ2n) is 0.760. The number of halogens is 2. The van der Waals surface area contributed by atoms with Gasteiger partial charge in [0, 0.05) is 15.7 Å². The summed E-state index contributed by atoms with van der Waals surface area (Å²) in [6, 6.07) is 0. The third kappa shape index (κ3) is 2.93. The van der Waals surface area contributed by atoms with Crippen molar-refractivity contribution in [2.45, 2.75) is 0 Å². The fourth-order valence-corrected chi connectivity index (χ4v) is 0.134. The molecule has 0 unspecified atom stereocenters. The molecule has 6 heavy (non-hydrogen) atoms. The van der Waals surface area contributed by atoms with E-state index in [-0.39, 0.29) is 0 Å². The number of nitrogens with two attached hydrogens (primary N) is 1. The van der Waals surface area contributed by atoms with Crippen LogP contribution in [0.1, 0.15) is 0 Å². The van der Waals surface area contributed by atoms with Crippen LogP contribution in [0.15, 0.2) is 9.12 Å². The van der Waals surface area contributed by atoms with Crippen LogP contribution in [0.3, 0.4) is 0 Å². The standard InChI is InChI=1S/C3H5ClIN/c4-1-3(5)2-6/h1H,2,6H2/b3-1-. The molecular weight excluding hydrogens is 212 g/mol. The van der Waals surface area contributed by atoms with Crippen LogP contribution in [0.25, 0.3) is 0 Å². The fraction of sp³-hybridized carbons (Fsp3) is 0.333. The maximum Gasteiger partial charge on any atom is 0.0245 e. The first-order valence-electron chi connectivity index (χ1n) is 1.46. The molecule has 0 atom stereocenters. The molecule has 0 aromatic heterocycles. The molecule has 0 aliphatic heterocycles. The van der Waals surface area contributed by atoms with E-state index < -0.39 is 0 Å². The van der Waals surface area contributed by atoms with Crippen LogP contribution >= 0.6 is 34.2 Å². The van der Waals surface area contributed by atoms with Gasteiger partial charge in [0.05, 0.1) is 0 Å². The molecule has 0 spiro atoms. The molecular formula is C3H5ClIN. The van der Waals surface area contributed by atoms with E-state index in [1.807, 2.05) is 0 Å². The minimum absolute atomic E-state index is 0.546. The van der Waals surface area contributed by atoms with E-state index in [4.69, 9.17) is 17.3 Å². The highest BCUT2D eigenvalue weighted by atomic mass is 127. The first kappa shape index (κ1) is 6.72. The molecule has 0 saturated heterocycles. The molecule has 0 aliphatic carbocycles. The minimum atomic E-state index is 0.546. The molecule has 0 amide bonds. The van der Waals surface area contributed by atoms with Crippen molar-refractivity contribution in [3.8, 4) is 0 Å². The van der Waals surface area contributed by atoms with Crippen molar-refractivity contribution in [3.05, 3.63) is 9.12 Å². The Morgan fingerprint density at radius 1 is 2.00 bits per heavy atom. The molecule has 1 nitrogen and oxygen atoms in total. The molecule has 2 N–H and O–H groups in total. The van der Waals surface area contributed by atoms with Crippen molar-refractivity contribution in [2.24, 2.45) is 5.73 Å². The Hall–Kier alpha value is 0.720. The van der Waals surface area contributed by atoms with Gasteiger partial charge in [0.1, 0.15) is 0 Å². The van der Waals surface area contributed by atoms with Crippen LogP contribution in [0, 0.1) is 0 Å². The van der Waals surface area contributed by atoms with Gasteiger partial charge in [0.25, 0.3) is 0 Å². The summed E-state index contributed by atoms with van der Waals surface area (Å²) >= 11 is 7.28. The first-order chi connectivity index (χ1) is 2.81. The second-order valence-corrected chi connectivity index (χ2v) is 2.36. The Balaban J connectivity index is 3.22. The molecule has 0 heterocycles. The number of hydrogen-bond acceptors (Lipinski definition) is 1. The average molecular weight is 217 g/mol. The zero-order chi connectivity index (χ0) is 4.99. The van der Waals surface area contributed by atoms with Crippen LogP contribution in [0.5, 0.6) is 0 Å². The van der Waals surface area contributed by atoms with Crippen molar-refractivity contribution >= 4 is 34.2 Å². The third-order valence-electron chi connectivity index (χ3n) is 0.313. The smallest absolute Gasteiger partial charge is 0.0245 e. The van der Waals surface area contributed by atoms with Crippen molar-refractivity contribution in [3.63, 3.8) is 0 Å². The lowest BCUT2D eigenvalue weighted by atomic mass is 10.7. The second kappa shape index (κ2) is 3.89. The van der Waals surface area contributed by atoms with Gasteiger partial charge < -0.3 is 5.73 Å². The Labute approximate surface area is 55.7 Å². The quantitative estimate of drug-likeness (QED) is 0.661. The van der Waals surface area contributed by atoms with Crippen molar-refractivity contribution < 1.29 is 0 Å². The summed E-state index contributed by atoms with van der Waals surface area (Å²) in [5.41, 5.74) is 6.60. The summed E-state index contributed by atoms with van der Waals surface area (Å²) in [6.45, 7) is 0.546. The Morgan fingerprint density at radius 3 is 2.50 bits per heavy atom. The molecule has 0 fully saturated rings. The summed E-state index contributed by atoms with van der Waals surface area (Å²) in [4.78, 5) is 0. The molecule has 3 heteroatoms. The topological polar surface area (TPSA) is 26.0 Å². The van der Waals surface area contributed by atoms with E-state index in [2.05, 4.69) is 22.6 Å². The lowest BCUT2D eigenvalue weighted by Crippen LogP contribution is -1.95. The van der Waals surface area contributed by atoms with Crippen LogP contribution in [0.2, 0.25) is 0 Å². The molecule has 36 valence electrons. The molecule has 0 aromatic carbocycles. The summed E-state index contributed by atoms with van der Waals surface area (Å²) in [7, 11) is 0. The van der Waals surface area contributed by atoms with Gasteiger partial charge >= 0.3 is 0 Å². The largest absolute Gasteiger partial charge is 0.326 e. The predicted octanol–water partition coefficient (Wildman–Crippen LogP) is 1.46. The Morgan fingerprint density at radius 2 is 2.50 bits per heavy atom. The van der Waals surface area contributed by atoms with Gasteiger partial charge in [-0.1, -0.05) is 11.6 Å². The lowest BCUT2D eigenvalue weighted by Gasteiger charge is -1.81. The van der Waals surface area contributed by atoms with Crippen LogP contribution < -0.4 is 5.73 Å². The predicted molar refractivity (Wildman–Crippen MR) is 37.0 cm³/mol. The molecule has 0 aromatic rings. The van der Waals surface area contributed by atoms with Crippen molar-refractivity contribution in [1.82, 2.24) is 0 Å².